The molecule has 27 heavy (non-hydrogen) atoms. The van der Waals surface area contributed by atoms with Gasteiger partial charge in [-0.3, -0.25) is 4.79 Å². The Balaban J connectivity index is 1.72. The van der Waals surface area contributed by atoms with E-state index in [4.69, 9.17) is 0 Å². The van der Waals surface area contributed by atoms with Gasteiger partial charge in [0.2, 0.25) is 5.91 Å². The first-order valence-electron chi connectivity index (χ1n) is 9.17. The van der Waals surface area contributed by atoms with Gasteiger partial charge in [0.1, 0.15) is 0 Å². The van der Waals surface area contributed by atoms with E-state index in [0.29, 0.717) is 0 Å². The number of hydrogen-bond acceptors (Lipinski definition) is 1. The predicted molar refractivity (Wildman–Crippen MR) is 115 cm³/mol. The number of benzene rings is 3. The normalized spacial score (nSPS) is 11.5. The van der Waals surface area contributed by atoms with Crippen LogP contribution in [-0.4, -0.2) is 5.91 Å². The largest absolute Gasteiger partial charge is 0.322 e. The van der Waals surface area contributed by atoms with Crippen molar-refractivity contribution in [2.45, 2.75) is 26.2 Å². The van der Waals surface area contributed by atoms with Crippen molar-refractivity contribution in [2.24, 2.45) is 0 Å². The zero-order chi connectivity index (χ0) is 19.3. The van der Waals surface area contributed by atoms with Gasteiger partial charge in [0.15, 0.2) is 0 Å². The fourth-order valence-electron chi connectivity index (χ4n) is 2.90. The molecule has 0 fully saturated rings. The van der Waals surface area contributed by atoms with Gasteiger partial charge in [-0.1, -0.05) is 93.6 Å². The number of amides is 1. The topological polar surface area (TPSA) is 29.1 Å². The molecule has 0 heterocycles. The number of para-hydroxylation sites is 1. The maximum absolute atomic E-state index is 12.4. The molecule has 0 saturated heterocycles. The molecule has 3 aromatic carbocycles. The molecule has 136 valence electrons. The molecular formula is C25H25NO. The van der Waals surface area contributed by atoms with Crippen molar-refractivity contribution in [1.82, 2.24) is 0 Å². The van der Waals surface area contributed by atoms with E-state index in [2.05, 4.69) is 38.2 Å². The number of rotatable bonds is 4. The molecule has 0 aliphatic carbocycles. The molecule has 1 amide bonds. The van der Waals surface area contributed by atoms with Gasteiger partial charge in [0.25, 0.3) is 0 Å². The molecule has 1 N–H and O–H groups in total. The van der Waals surface area contributed by atoms with Gasteiger partial charge in [0, 0.05) is 17.3 Å². The number of carbonyl (C=O) groups excluding carboxylic acids is 1. The summed E-state index contributed by atoms with van der Waals surface area (Å²) in [6.07, 6.45) is 3.42. The van der Waals surface area contributed by atoms with Crippen LogP contribution in [0.3, 0.4) is 0 Å². The van der Waals surface area contributed by atoms with Gasteiger partial charge >= 0.3 is 0 Å². The molecule has 3 aromatic rings. The van der Waals surface area contributed by atoms with Crippen molar-refractivity contribution < 1.29 is 4.79 Å². The first kappa shape index (κ1) is 18.7. The third-order valence-electron chi connectivity index (χ3n) is 4.47. The number of carbonyl (C=O) groups is 1. The van der Waals surface area contributed by atoms with Gasteiger partial charge < -0.3 is 5.32 Å². The second kappa shape index (κ2) is 8.05. The molecule has 2 nitrogen and oxygen atoms in total. The Kier molecular flexibility index (Phi) is 5.56. The van der Waals surface area contributed by atoms with Crippen LogP contribution >= 0.6 is 0 Å². The van der Waals surface area contributed by atoms with E-state index >= 15 is 0 Å². The van der Waals surface area contributed by atoms with E-state index < -0.39 is 0 Å². The summed E-state index contributed by atoms with van der Waals surface area (Å²) in [6, 6.07) is 26.2. The summed E-state index contributed by atoms with van der Waals surface area (Å²) >= 11 is 0. The molecule has 0 atom stereocenters. The highest BCUT2D eigenvalue weighted by Crippen LogP contribution is 2.27. The maximum Gasteiger partial charge on any atom is 0.248 e. The van der Waals surface area contributed by atoms with Crippen LogP contribution in [0.4, 0.5) is 5.69 Å². The lowest BCUT2D eigenvalue weighted by molar-refractivity contribution is -0.111. The van der Waals surface area contributed by atoms with Crippen LogP contribution in [0.5, 0.6) is 0 Å². The first-order valence-corrected chi connectivity index (χ1v) is 9.17. The Morgan fingerprint density at radius 2 is 1.44 bits per heavy atom. The maximum atomic E-state index is 12.4. The average molecular weight is 355 g/mol. The van der Waals surface area contributed by atoms with Crippen molar-refractivity contribution >= 4 is 17.7 Å². The molecule has 0 aliphatic rings. The molecule has 0 saturated carbocycles. The number of hydrogen-bond donors (Lipinski definition) is 1. The smallest absolute Gasteiger partial charge is 0.248 e. The Bertz CT molecular complexity index is 932. The first-order chi connectivity index (χ1) is 12.9. The summed E-state index contributed by atoms with van der Waals surface area (Å²) in [5.74, 6) is -0.140. The standard InChI is InChI=1S/C25H25NO/c1-25(2,3)21-16-13-19(14-17-21)15-18-24(27)26-23-12-8-7-11-22(23)20-9-5-4-6-10-20/h4-18H,1-3H3,(H,26,27)/b18-15+. The molecule has 2 heteroatoms. The molecular weight excluding hydrogens is 330 g/mol. The highest BCUT2D eigenvalue weighted by atomic mass is 16.1. The molecule has 0 aromatic heterocycles. The lowest BCUT2D eigenvalue weighted by atomic mass is 9.87. The van der Waals surface area contributed by atoms with Gasteiger partial charge in [-0.2, -0.15) is 0 Å². The number of anilines is 1. The minimum absolute atomic E-state index is 0.126. The highest BCUT2D eigenvalue weighted by molar-refractivity contribution is 6.04. The quantitative estimate of drug-likeness (QED) is 0.546. The van der Waals surface area contributed by atoms with Crippen molar-refractivity contribution in [1.29, 1.82) is 0 Å². The van der Waals surface area contributed by atoms with Crippen LogP contribution in [0, 0.1) is 0 Å². The van der Waals surface area contributed by atoms with Crippen LogP contribution in [0.1, 0.15) is 31.9 Å². The van der Waals surface area contributed by atoms with Crippen LogP contribution in [-0.2, 0) is 10.2 Å². The van der Waals surface area contributed by atoms with Gasteiger partial charge in [0.05, 0.1) is 0 Å². The minimum atomic E-state index is -0.140. The Morgan fingerprint density at radius 3 is 2.11 bits per heavy atom. The summed E-state index contributed by atoms with van der Waals surface area (Å²) in [5, 5.41) is 2.99. The Morgan fingerprint density at radius 1 is 0.815 bits per heavy atom. The van der Waals surface area contributed by atoms with E-state index in [1.165, 1.54) is 5.56 Å². The van der Waals surface area contributed by atoms with E-state index in [-0.39, 0.29) is 11.3 Å². The van der Waals surface area contributed by atoms with Crippen LogP contribution in [0.15, 0.2) is 84.9 Å². The highest BCUT2D eigenvalue weighted by Gasteiger charge is 2.12. The fraction of sp³-hybridized carbons (Fsp3) is 0.160. The van der Waals surface area contributed by atoms with Crippen LogP contribution in [0.25, 0.3) is 17.2 Å². The van der Waals surface area contributed by atoms with Crippen molar-refractivity contribution in [3.05, 3.63) is 96.1 Å². The van der Waals surface area contributed by atoms with Gasteiger partial charge in [-0.25, -0.2) is 0 Å². The summed E-state index contributed by atoms with van der Waals surface area (Å²) in [7, 11) is 0. The molecule has 0 bridgehead atoms. The molecule has 0 spiro atoms. The van der Waals surface area contributed by atoms with E-state index in [1.54, 1.807) is 6.08 Å². The Hall–Kier alpha value is -3.13. The summed E-state index contributed by atoms with van der Waals surface area (Å²) in [4.78, 5) is 12.4. The second-order valence-electron chi connectivity index (χ2n) is 7.61. The summed E-state index contributed by atoms with van der Waals surface area (Å²) in [5.41, 5.74) is 5.31. The van der Waals surface area contributed by atoms with Crippen LogP contribution < -0.4 is 5.32 Å². The van der Waals surface area contributed by atoms with Crippen molar-refractivity contribution in [2.75, 3.05) is 5.32 Å². The number of nitrogens with one attached hydrogen (secondary N) is 1. The summed E-state index contributed by atoms with van der Waals surface area (Å²) in [6.45, 7) is 6.57. The molecule has 3 rings (SSSR count). The molecule has 0 radical (unpaired) electrons. The van der Waals surface area contributed by atoms with E-state index in [0.717, 1.165) is 22.4 Å². The minimum Gasteiger partial charge on any atom is -0.322 e. The third kappa shape index (κ3) is 4.95. The lowest BCUT2D eigenvalue weighted by Gasteiger charge is -2.18. The fourth-order valence-corrected chi connectivity index (χ4v) is 2.90. The zero-order valence-corrected chi connectivity index (χ0v) is 16.1. The van der Waals surface area contributed by atoms with E-state index in [1.807, 2.05) is 72.8 Å². The Labute approximate surface area is 161 Å². The average Bonchev–Trinajstić information content (AvgIpc) is 2.67. The predicted octanol–water partition coefficient (Wildman–Crippen LogP) is 6.30. The van der Waals surface area contributed by atoms with Crippen LogP contribution in [0.2, 0.25) is 0 Å². The van der Waals surface area contributed by atoms with Gasteiger partial charge in [-0.15, -0.1) is 0 Å². The molecule has 0 unspecified atom stereocenters. The van der Waals surface area contributed by atoms with Gasteiger partial charge in [-0.05, 0) is 34.2 Å². The lowest BCUT2D eigenvalue weighted by Crippen LogP contribution is -2.10. The molecule has 0 aliphatic heterocycles. The third-order valence-corrected chi connectivity index (χ3v) is 4.47. The van der Waals surface area contributed by atoms with E-state index in [9.17, 15) is 4.79 Å². The summed E-state index contributed by atoms with van der Waals surface area (Å²) < 4.78 is 0. The second-order valence-corrected chi connectivity index (χ2v) is 7.61. The monoisotopic (exact) mass is 355 g/mol. The van der Waals surface area contributed by atoms with Crippen molar-refractivity contribution in [3.8, 4) is 11.1 Å². The zero-order valence-electron chi connectivity index (χ0n) is 16.1. The van der Waals surface area contributed by atoms with Crippen molar-refractivity contribution in [3.63, 3.8) is 0 Å². The SMILES string of the molecule is CC(C)(C)c1ccc(/C=C/C(=O)Nc2ccccc2-c2ccccc2)cc1.